The van der Waals surface area contributed by atoms with Crippen molar-refractivity contribution < 1.29 is 24.1 Å². The second-order valence-electron chi connectivity index (χ2n) is 4.95. The fourth-order valence-electron chi connectivity index (χ4n) is 2.77. The molecule has 0 fully saturated rings. The van der Waals surface area contributed by atoms with Crippen LogP contribution in [-0.2, 0) is 4.79 Å². The van der Waals surface area contributed by atoms with Gasteiger partial charge in [0, 0.05) is 5.92 Å². The molecule has 1 aromatic rings. The fraction of sp³-hybridized carbons (Fsp3) is 0.438. The Labute approximate surface area is 124 Å². The van der Waals surface area contributed by atoms with Crippen molar-refractivity contribution in [2.75, 3.05) is 21.3 Å². The van der Waals surface area contributed by atoms with E-state index in [9.17, 15) is 9.90 Å². The van der Waals surface area contributed by atoms with Crippen LogP contribution in [0, 0.1) is 5.92 Å². The summed E-state index contributed by atoms with van der Waals surface area (Å²) in [4.78, 5) is 11.4. The highest BCUT2D eigenvalue weighted by molar-refractivity contribution is 5.72. The third-order valence-electron chi connectivity index (χ3n) is 3.86. The largest absolute Gasteiger partial charge is 0.493 e. The Hall–Kier alpha value is -2.17. The van der Waals surface area contributed by atoms with Crippen LogP contribution in [0.1, 0.15) is 24.3 Å². The van der Waals surface area contributed by atoms with Gasteiger partial charge in [-0.1, -0.05) is 12.2 Å². The average molecular weight is 292 g/mol. The molecule has 2 unspecified atom stereocenters. The molecule has 0 saturated heterocycles. The van der Waals surface area contributed by atoms with Crippen molar-refractivity contribution in [3.8, 4) is 17.2 Å². The summed E-state index contributed by atoms with van der Waals surface area (Å²) in [6.07, 6.45) is 5.17. The van der Waals surface area contributed by atoms with Crippen molar-refractivity contribution in [1.82, 2.24) is 0 Å². The highest BCUT2D eigenvalue weighted by Crippen LogP contribution is 2.43. The Bertz CT molecular complexity index is 525. The maximum Gasteiger partial charge on any atom is 0.307 e. The van der Waals surface area contributed by atoms with Gasteiger partial charge >= 0.3 is 5.97 Å². The molecule has 0 amide bonds. The second-order valence-corrected chi connectivity index (χ2v) is 4.95. The number of rotatable bonds is 5. The highest BCUT2D eigenvalue weighted by Gasteiger charge is 2.31. The third kappa shape index (κ3) is 2.96. The highest BCUT2D eigenvalue weighted by atomic mass is 16.5. The summed E-state index contributed by atoms with van der Waals surface area (Å²) in [5.74, 6) is 0.301. The second kappa shape index (κ2) is 6.52. The molecule has 0 heterocycles. The number of benzene rings is 1. The average Bonchev–Trinajstić information content (AvgIpc) is 2.53. The van der Waals surface area contributed by atoms with Crippen molar-refractivity contribution in [3.63, 3.8) is 0 Å². The number of aliphatic carboxylic acids is 1. The van der Waals surface area contributed by atoms with Gasteiger partial charge in [-0.25, -0.2) is 0 Å². The van der Waals surface area contributed by atoms with E-state index in [0.717, 1.165) is 5.56 Å². The minimum absolute atomic E-state index is 0.0961. The van der Waals surface area contributed by atoms with Crippen LogP contribution in [0.2, 0.25) is 0 Å². The minimum Gasteiger partial charge on any atom is -0.493 e. The summed E-state index contributed by atoms with van der Waals surface area (Å²) >= 11 is 0. The Morgan fingerprint density at radius 3 is 2.10 bits per heavy atom. The molecule has 1 N–H and O–H groups in total. The van der Waals surface area contributed by atoms with Crippen LogP contribution >= 0.6 is 0 Å². The van der Waals surface area contributed by atoms with Gasteiger partial charge in [-0.15, -0.1) is 0 Å². The monoisotopic (exact) mass is 292 g/mol. The zero-order chi connectivity index (χ0) is 15.4. The van der Waals surface area contributed by atoms with Crippen molar-refractivity contribution in [3.05, 3.63) is 29.8 Å². The van der Waals surface area contributed by atoms with Gasteiger partial charge in [-0.2, -0.15) is 0 Å². The lowest BCUT2D eigenvalue weighted by molar-refractivity contribution is -0.142. The summed E-state index contributed by atoms with van der Waals surface area (Å²) in [5.41, 5.74) is 0.890. The fourth-order valence-corrected chi connectivity index (χ4v) is 2.77. The molecule has 0 saturated carbocycles. The maximum absolute atomic E-state index is 11.4. The molecule has 1 aromatic carbocycles. The number of hydrogen-bond donors (Lipinski definition) is 1. The molecule has 0 aromatic heterocycles. The van der Waals surface area contributed by atoms with Crippen molar-refractivity contribution in [2.45, 2.75) is 18.8 Å². The van der Waals surface area contributed by atoms with E-state index in [4.69, 9.17) is 14.2 Å². The van der Waals surface area contributed by atoms with Gasteiger partial charge in [-0.05, 0) is 30.5 Å². The van der Waals surface area contributed by atoms with E-state index in [1.54, 1.807) is 21.3 Å². The molecule has 5 heteroatoms. The molecular weight excluding hydrogens is 272 g/mol. The molecule has 1 aliphatic carbocycles. The molecule has 2 atom stereocenters. The summed E-state index contributed by atoms with van der Waals surface area (Å²) in [6.45, 7) is 0. The first-order valence-corrected chi connectivity index (χ1v) is 6.80. The number of carbonyl (C=O) groups is 1. The third-order valence-corrected chi connectivity index (χ3v) is 3.86. The van der Waals surface area contributed by atoms with Gasteiger partial charge in [0.2, 0.25) is 5.75 Å². The Kier molecular flexibility index (Phi) is 4.73. The zero-order valence-electron chi connectivity index (χ0n) is 12.5. The van der Waals surface area contributed by atoms with Gasteiger partial charge < -0.3 is 19.3 Å². The van der Waals surface area contributed by atoms with E-state index in [1.807, 2.05) is 24.3 Å². The predicted molar refractivity (Wildman–Crippen MR) is 78.3 cm³/mol. The van der Waals surface area contributed by atoms with Crippen LogP contribution in [0.25, 0.3) is 0 Å². The summed E-state index contributed by atoms with van der Waals surface area (Å²) < 4.78 is 16.0. The zero-order valence-corrected chi connectivity index (χ0v) is 12.5. The summed E-state index contributed by atoms with van der Waals surface area (Å²) in [5, 5.41) is 9.40. The van der Waals surface area contributed by atoms with Crippen molar-refractivity contribution in [1.29, 1.82) is 0 Å². The molecule has 0 radical (unpaired) electrons. The van der Waals surface area contributed by atoms with Crippen molar-refractivity contribution in [2.24, 2.45) is 5.92 Å². The van der Waals surface area contributed by atoms with E-state index < -0.39 is 11.9 Å². The summed E-state index contributed by atoms with van der Waals surface area (Å²) in [7, 11) is 4.65. The van der Waals surface area contributed by atoms with Crippen LogP contribution in [-0.4, -0.2) is 32.4 Å². The summed E-state index contributed by atoms with van der Waals surface area (Å²) in [6, 6.07) is 3.67. The number of carboxylic acid groups (broad SMARTS) is 1. The smallest absolute Gasteiger partial charge is 0.307 e. The topological polar surface area (TPSA) is 65.0 Å². The molecule has 0 aliphatic heterocycles. The number of allylic oxidation sites excluding steroid dienone is 2. The predicted octanol–water partition coefficient (Wildman–Crippen LogP) is 2.85. The maximum atomic E-state index is 11.4. The number of ether oxygens (including phenoxy) is 3. The molecule has 21 heavy (non-hydrogen) atoms. The molecular formula is C16H20O5. The van der Waals surface area contributed by atoms with Crippen LogP contribution in [0.15, 0.2) is 24.3 Å². The molecule has 2 rings (SSSR count). The van der Waals surface area contributed by atoms with E-state index in [0.29, 0.717) is 30.1 Å². The Balaban J connectivity index is 2.47. The number of carboxylic acids is 1. The molecule has 5 nitrogen and oxygen atoms in total. The van der Waals surface area contributed by atoms with Gasteiger partial charge in [-0.3, -0.25) is 4.79 Å². The number of methoxy groups -OCH3 is 3. The van der Waals surface area contributed by atoms with Gasteiger partial charge in [0.15, 0.2) is 11.5 Å². The lowest BCUT2D eigenvalue weighted by Gasteiger charge is -2.26. The molecule has 114 valence electrons. The van der Waals surface area contributed by atoms with E-state index in [-0.39, 0.29) is 5.92 Å². The first-order chi connectivity index (χ1) is 10.1. The Morgan fingerprint density at radius 2 is 1.62 bits per heavy atom. The normalized spacial score (nSPS) is 20.9. The van der Waals surface area contributed by atoms with Crippen LogP contribution in [0.3, 0.4) is 0 Å². The first-order valence-electron chi connectivity index (χ1n) is 6.80. The molecule has 0 spiro atoms. The van der Waals surface area contributed by atoms with E-state index in [2.05, 4.69) is 0 Å². The van der Waals surface area contributed by atoms with Crippen LogP contribution in [0.5, 0.6) is 17.2 Å². The molecule has 1 aliphatic rings. The lowest BCUT2D eigenvalue weighted by atomic mass is 9.78. The number of hydrogen-bond acceptors (Lipinski definition) is 4. The van der Waals surface area contributed by atoms with E-state index >= 15 is 0 Å². The van der Waals surface area contributed by atoms with Gasteiger partial charge in [0.1, 0.15) is 0 Å². The van der Waals surface area contributed by atoms with Gasteiger partial charge in [0.05, 0.1) is 27.2 Å². The lowest BCUT2D eigenvalue weighted by Crippen LogP contribution is -2.23. The van der Waals surface area contributed by atoms with Crippen molar-refractivity contribution >= 4 is 5.97 Å². The standard InChI is InChI=1S/C16H20O5/c1-19-13-8-10(9-14(20-2)15(13)21-3)11-6-4-5-7-12(11)16(17)18/h4-5,8-9,11-12H,6-7H2,1-3H3,(H,17,18). The quantitative estimate of drug-likeness (QED) is 0.845. The van der Waals surface area contributed by atoms with E-state index in [1.165, 1.54) is 0 Å². The SMILES string of the molecule is COc1cc(C2CC=CCC2C(=O)O)cc(OC)c1OC. The minimum atomic E-state index is -0.780. The first kappa shape index (κ1) is 15.2. The Morgan fingerprint density at radius 1 is 1.05 bits per heavy atom. The van der Waals surface area contributed by atoms with Crippen LogP contribution < -0.4 is 14.2 Å². The van der Waals surface area contributed by atoms with Gasteiger partial charge in [0.25, 0.3) is 0 Å². The molecule has 0 bridgehead atoms. The van der Waals surface area contributed by atoms with Crippen LogP contribution in [0.4, 0.5) is 0 Å².